The zero-order valence-electron chi connectivity index (χ0n) is 10.1. The smallest absolute Gasteiger partial charge is 0.335 e. The summed E-state index contributed by atoms with van der Waals surface area (Å²) in [6, 6.07) is 4.93. The Hall–Kier alpha value is -2.38. The van der Waals surface area contributed by atoms with E-state index in [1.807, 2.05) is 0 Å². The highest BCUT2D eigenvalue weighted by Gasteiger charge is 2.14. The average Bonchev–Trinajstić information content (AvgIpc) is 2.42. The summed E-state index contributed by atoms with van der Waals surface area (Å²) in [5.41, 5.74) is -0.283. The van der Waals surface area contributed by atoms with Gasteiger partial charge in [-0.1, -0.05) is 23.2 Å². The van der Waals surface area contributed by atoms with E-state index in [9.17, 15) is 14.9 Å². The molecule has 0 spiro atoms. The van der Waals surface area contributed by atoms with E-state index in [2.05, 4.69) is 4.98 Å². The fourth-order valence-electron chi connectivity index (χ4n) is 1.41. The molecular weight excluding hydrogens is 323 g/mol. The number of aromatic nitrogens is 1. The molecule has 0 unspecified atom stereocenters. The lowest BCUT2D eigenvalue weighted by atomic mass is 10.2. The highest BCUT2D eigenvalue weighted by atomic mass is 35.5. The van der Waals surface area contributed by atoms with E-state index in [4.69, 9.17) is 33.0 Å². The zero-order chi connectivity index (χ0) is 15.6. The second kappa shape index (κ2) is 5.94. The van der Waals surface area contributed by atoms with Crippen molar-refractivity contribution >= 4 is 34.9 Å². The van der Waals surface area contributed by atoms with Crippen LogP contribution in [0.3, 0.4) is 0 Å². The van der Waals surface area contributed by atoms with E-state index in [1.165, 1.54) is 18.2 Å². The highest BCUT2D eigenvalue weighted by Crippen LogP contribution is 2.33. The fourth-order valence-corrected chi connectivity index (χ4v) is 1.83. The first-order valence-electron chi connectivity index (χ1n) is 5.39. The quantitative estimate of drug-likeness (QED) is 0.676. The van der Waals surface area contributed by atoms with Crippen molar-refractivity contribution in [3.63, 3.8) is 0 Å². The number of carboxylic acids is 1. The average molecular weight is 329 g/mol. The van der Waals surface area contributed by atoms with Gasteiger partial charge in [0.1, 0.15) is 17.0 Å². The number of pyridine rings is 1. The van der Waals surface area contributed by atoms with E-state index in [-0.39, 0.29) is 32.9 Å². The summed E-state index contributed by atoms with van der Waals surface area (Å²) in [4.78, 5) is 24.4. The summed E-state index contributed by atoms with van der Waals surface area (Å²) >= 11 is 11.7. The number of halogens is 2. The van der Waals surface area contributed by atoms with Crippen molar-refractivity contribution in [2.45, 2.75) is 0 Å². The maximum atomic E-state index is 10.8. The second-order valence-corrected chi connectivity index (χ2v) is 4.60. The molecule has 0 bridgehead atoms. The summed E-state index contributed by atoms with van der Waals surface area (Å²) in [6.45, 7) is 0. The molecule has 0 atom stereocenters. The molecule has 0 amide bonds. The van der Waals surface area contributed by atoms with Gasteiger partial charge in [0.15, 0.2) is 0 Å². The number of rotatable bonds is 4. The molecule has 1 aromatic heterocycles. The Balaban J connectivity index is 2.30. The third kappa shape index (κ3) is 3.39. The molecule has 1 N–H and O–H groups in total. The topological polar surface area (TPSA) is 103 Å². The zero-order valence-corrected chi connectivity index (χ0v) is 11.6. The normalized spacial score (nSPS) is 10.2. The molecule has 7 nitrogen and oxygen atoms in total. The molecule has 0 aliphatic heterocycles. The number of hydrogen-bond acceptors (Lipinski definition) is 5. The van der Waals surface area contributed by atoms with Gasteiger partial charge in [-0.25, -0.2) is 9.78 Å². The van der Waals surface area contributed by atoms with Gasteiger partial charge >= 0.3 is 5.97 Å². The van der Waals surface area contributed by atoms with Gasteiger partial charge < -0.3 is 9.84 Å². The maximum Gasteiger partial charge on any atom is 0.335 e. The van der Waals surface area contributed by atoms with Crippen LogP contribution in [-0.2, 0) is 0 Å². The molecule has 0 aliphatic rings. The molecule has 9 heteroatoms. The fraction of sp³-hybridized carbons (Fsp3) is 0. The van der Waals surface area contributed by atoms with Gasteiger partial charge in [0.2, 0.25) is 5.88 Å². The number of carbonyl (C=O) groups is 1. The minimum atomic E-state index is -1.13. The number of aromatic carboxylic acids is 1. The summed E-state index contributed by atoms with van der Waals surface area (Å²) in [5.74, 6) is -1.08. The summed E-state index contributed by atoms with van der Waals surface area (Å²) in [6.07, 6.45) is 0.987. The first-order chi connectivity index (χ1) is 9.88. The third-order valence-electron chi connectivity index (χ3n) is 2.39. The molecule has 0 saturated carbocycles. The van der Waals surface area contributed by atoms with E-state index in [0.29, 0.717) is 0 Å². The van der Waals surface area contributed by atoms with Crippen LogP contribution in [-0.4, -0.2) is 21.0 Å². The number of hydrogen-bond donors (Lipinski definition) is 1. The van der Waals surface area contributed by atoms with E-state index >= 15 is 0 Å². The molecular formula is C12H6Cl2N2O5. The van der Waals surface area contributed by atoms with Crippen LogP contribution in [0.25, 0.3) is 0 Å². The summed E-state index contributed by atoms with van der Waals surface area (Å²) in [5, 5.41) is 19.4. The highest BCUT2D eigenvalue weighted by molar-refractivity contribution is 6.33. The van der Waals surface area contributed by atoms with E-state index < -0.39 is 10.9 Å². The van der Waals surface area contributed by atoms with Crippen molar-refractivity contribution < 1.29 is 19.6 Å². The lowest BCUT2D eigenvalue weighted by Gasteiger charge is -2.08. The van der Waals surface area contributed by atoms with Crippen LogP contribution in [0.15, 0.2) is 30.5 Å². The largest absolute Gasteiger partial charge is 0.478 e. The van der Waals surface area contributed by atoms with Gasteiger partial charge in [0.25, 0.3) is 5.69 Å². The second-order valence-electron chi connectivity index (χ2n) is 3.79. The molecule has 2 aromatic rings. The van der Waals surface area contributed by atoms with Crippen LogP contribution >= 0.6 is 23.2 Å². The Morgan fingerprint density at radius 1 is 1.29 bits per heavy atom. The summed E-state index contributed by atoms with van der Waals surface area (Å²) in [7, 11) is 0. The van der Waals surface area contributed by atoms with Gasteiger partial charge in [-0.15, -0.1) is 0 Å². The number of ether oxygens (including phenoxy) is 1. The Labute approximate surface area is 127 Å². The lowest BCUT2D eigenvalue weighted by molar-refractivity contribution is -0.385. The van der Waals surface area contributed by atoms with Crippen molar-refractivity contribution in [2.75, 3.05) is 0 Å². The van der Waals surface area contributed by atoms with Crippen molar-refractivity contribution in [1.82, 2.24) is 4.98 Å². The molecule has 0 fully saturated rings. The van der Waals surface area contributed by atoms with Crippen molar-refractivity contribution in [1.29, 1.82) is 0 Å². The summed E-state index contributed by atoms with van der Waals surface area (Å²) < 4.78 is 5.32. The van der Waals surface area contributed by atoms with Crippen molar-refractivity contribution in [2.24, 2.45) is 0 Å². The number of nitro groups is 1. The lowest BCUT2D eigenvalue weighted by Crippen LogP contribution is -1.97. The van der Waals surface area contributed by atoms with E-state index in [0.717, 1.165) is 12.3 Å². The SMILES string of the molecule is O=C(O)c1ccc(Oc2ncc([N+](=O)[O-])cc2Cl)c(Cl)c1. The maximum absolute atomic E-state index is 10.8. The van der Waals surface area contributed by atoms with Crippen LogP contribution in [0.1, 0.15) is 10.4 Å². The molecule has 0 radical (unpaired) electrons. The van der Waals surface area contributed by atoms with Gasteiger partial charge in [-0.05, 0) is 18.2 Å². The number of carboxylic acid groups (broad SMARTS) is 1. The minimum absolute atomic E-state index is 0.00453. The Morgan fingerprint density at radius 2 is 2.00 bits per heavy atom. The first-order valence-corrected chi connectivity index (χ1v) is 6.14. The predicted molar refractivity (Wildman–Crippen MR) is 74.4 cm³/mol. The van der Waals surface area contributed by atoms with Crippen LogP contribution in [0.4, 0.5) is 5.69 Å². The molecule has 0 aliphatic carbocycles. The van der Waals surface area contributed by atoms with Gasteiger partial charge in [-0.2, -0.15) is 0 Å². The van der Waals surface area contributed by atoms with Gasteiger partial charge in [0, 0.05) is 6.07 Å². The molecule has 1 heterocycles. The van der Waals surface area contributed by atoms with Crippen molar-refractivity contribution in [3.05, 3.63) is 56.2 Å². The van der Waals surface area contributed by atoms with Crippen LogP contribution in [0.5, 0.6) is 11.6 Å². The molecule has 21 heavy (non-hydrogen) atoms. The van der Waals surface area contributed by atoms with Gasteiger partial charge in [0.05, 0.1) is 15.5 Å². The molecule has 0 saturated heterocycles. The Kier molecular flexibility index (Phi) is 4.25. The predicted octanol–water partition coefficient (Wildman–Crippen LogP) is 3.79. The monoisotopic (exact) mass is 328 g/mol. The number of nitrogens with zero attached hydrogens (tertiary/aromatic N) is 2. The van der Waals surface area contributed by atoms with Crippen molar-refractivity contribution in [3.8, 4) is 11.6 Å². The Bertz CT molecular complexity index is 674. The molecule has 1 aromatic carbocycles. The van der Waals surface area contributed by atoms with Gasteiger partial charge in [-0.3, -0.25) is 10.1 Å². The standard InChI is InChI=1S/C12H6Cl2N2O5/c13-8-3-6(12(17)18)1-2-10(8)21-11-9(14)4-7(5-15-11)16(19)20/h1-5H,(H,17,18). The first kappa shape index (κ1) is 15.0. The van der Waals surface area contributed by atoms with Crippen LogP contribution in [0, 0.1) is 10.1 Å². The van der Waals surface area contributed by atoms with Crippen LogP contribution in [0.2, 0.25) is 10.0 Å². The van der Waals surface area contributed by atoms with E-state index in [1.54, 1.807) is 0 Å². The number of benzene rings is 1. The molecule has 108 valence electrons. The minimum Gasteiger partial charge on any atom is -0.478 e. The van der Waals surface area contributed by atoms with Crippen LogP contribution < -0.4 is 4.74 Å². The molecule has 2 rings (SSSR count). The third-order valence-corrected chi connectivity index (χ3v) is 2.96. The Morgan fingerprint density at radius 3 is 2.52 bits per heavy atom.